The van der Waals surface area contributed by atoms with Crippen LogP contribution in [-0.4, -0.2) is 39.3 Å². The Hall–Kier alpha value is -2.96. The summed E-state index contributed by atoms with van der Waals surface area (Å²) in [4.78, 5) is 25.5. The fourth-order valence-corrected chi connectivity index (χ4v) is 3.01. The lowest BCUT2D eigenvalue weighted by Gasteiger charge is -2.11. The number of fused-ring (bicyclic) bond motifs is 1. The summed E-state index contributed by atoms with van der Waals surface area (Å²) in [5, 5.41) is 6.43. The highest BCUT2D eigenvalue weighted by Gasteiger charge is 2.18. The molecule has 6 nitrogen and oxygen atoms in total. The molecule has 0 aliphatic rings. The fourth-order valence-electron chi connectivity index (χ4n) is 3.01. The molecule has 0 atom stereocenters. The van der Waals surface area contributed by atoms with Crippen molar-refractivity contribution in [1.82, 2.24) is 10.6 Å². The average Bonchev–Trinajstić information content (AvgIpc) is 2.73. The first kappa shape index (κ1) is 19.8. The van der Waals surface area contributed by atoms with Crippen molar-refractivity contribution in [3.8, 4) is 11.3 Å². The SMILES string of the molecule is COCCNCCNC(=O)c1cccc2c(=O)c(C)c(-c3ccccc3)oc12. The Morgan fingerprint density at radius 3 is 2.57 bits per heavy atom. The molecule has 1 heterocycles. The molecule has 6 heteroatoms. The smallest absolute Gasteiger partial charge is 0.255 e. The number of nitrogens with one attached hydrogen (secondary N) is 2. The molecule has 2 aromatic carbocycles. The van der Waals surface area contributed by atoms with Crippen LogP contribution in [0.3, 0.4) is 0 Å². The minimum atomic E-state index is -0.273. The van der Waals surface area contributed by atoms with Crippen LogP contribution in [0, 0.1) is 6.92 Å². The van der Waals surface area contributed by atoms with E-state index in [1.807, 2.05) is 30.3 Å². The Labute approximate surface area is 163 Å². The molecule has 0 aliphatic heterocycles. The monoisotopic (exact) mass is 380 g/mol. The number of rotatable bonds is 8. The molecular formula is C22H24N2O4. The highest BCUT2D eigenvalue weighted by Crippen LogP contribution is 2.27. The molecule has 0 bridgehead atoms. The zero-order valence-corrected chi connectivity index (χ0v) is 16.1. The second-order valence-electron chi connectivity index (χ2n) is 6.43. The van der Waals surface area contributed by atoms with E-state index in [0.29, 0.717) is 47.6 Å². The predicted molar refractivity (Wildman–Crippen MR) is 110 cm³/mol. The molecule has 0 fully saturated rings. The van der Waals surface area contributed by atoms with E-state index in [1.54, 1.807) is 32.2 Å². The molecule has 2 N–H and O–H groups in total. The standard InChI is InChI=1S/C22H24N2O4/c1-15-19(25)17-9-6-10-18(22(26)24-12-11-23-13-14-27-2)21(17)28-20(15)16-7-4-3-5-8-16/h3-10,23H,11-14H2,1-2H3,(H,24,26). The fraction of sp³-hybridized carbons (Fsp3) is 0.273. The maximum absolute atomic E-state index is 12.8. The summed E-state index contributed by atoms with van der Waals surface area (Å²) in [5.41, 5.74) is 1.86. The van der Waals surface area contributed by atoms with Crippen LogP contribution in [0.2, 0.25) is 0 Å². The molecule has 0 saturated carbocycles. The molecule has 0 spiro atoms. The van der Waals surface area contributed by atoms with Crippen molar-refractivity contribution < 1.29 is 13.9 Å². The van der Waals surface area contributed by atoms with E-state index in [9.17, 15) is 9.59 Å². The number of carbonyl (C=O) groups is 1. The summed E-state index contributed by atoms with van der Waals surface area (Å²) in [7, 11) is 1.64. The van der Waals surface area contributed by atoms with Gasteiger partial charge in [0.15, 0.2) is 11.0 Å². The maximum atomic E-state index is 12.8. The number of ether oxygens (including phenoxy) is 1. The van der Waals surface area contributed by atoms with Crippen LogP contribution in [0.5, 0.6) is 0 Å². The van der Waals surface area contributed by atoms with E-state index in [0.717, 1.165) is 12.1 Å². The van der Waals surface area contributed by atoms with Gasteiger partial charge in [-0.05, 0) is 19.1 Å². The number of benzene rings is 2. The lowest BCUT2D eigenvalue weighted by molar-refractivity contribution is 0.0954. The number of methoxy groups -OCH3 is 1. The van der Waals surface area contributed by atoms with E-state index in [1.165, 1.54) is 0 Å². The van der Waals surface area contributed by atoms with Crippen molar-refractivity contribution in [3.05, 3.63) is 69.9 Å². The van der Waals surface area contributed by atoms with Gasteiger partial charge in [-0.15, -0.1) is 0 Å². The molecule has 1 aromatic heterocycles. The first-order valence-corrected chi connectivity index (χ1v) is 9.23. The molecule has 0 aliphatic carbocycles. The summed E-state index contributed by atoms with van der Waals surface area (Å²) in [6.07, 6.45) is 0. The van der Waals surface area contributed by atoms with Crippen molar-refractivity contribution >= 4 is 16.9 Å². The zero-order valence-electron chi connectivity index (χ0n) is 16.1. The Bertz CT molecular complexity index is 1010. The first-order chi connectivity index (χ1) is 13.6. The third-order valence-electron chi connectivity index (χ3n) is 4.50. The van der Waals surface area contributed by atoms with Crippen LogP contribution in [0.25, 0.3) is 22.3 Å². The Morgan fingerprint density at radius 1 is 1.04 bits per heavy atom. The molecule has 146 valence electrons. The highest BCUT2D eigenvalue weighted by atomic mass is 16.5. The van der Waals surface area contributed by atoms with Gasteiger partial charge in [-0.1, -0.05) is 36.4 Å². The Balaban J connectivity index is 1.90. The van der Waals surface area contributed by atoms with Gasteiger partial charge in [0.05, 0.1) is 17.6 Å². The maximum Gasteiger partial charge on any atom is 0.255 e. The summed E-state index contributed by atoms with van der Waals surface area (Å²) < 4.78 is 11.0. The number of carbonyl (C=O) groups excluding carboxylic acids is 1. The summed E-state index contributed by atoms with van der Waals surface area (Å²) in [6, 6.07) is 14.5. The number of amides is 1. The van der Waals surface area contributed by atoms with Gasteiger partial charge >= 0.3 is 0 Å². The second kappa shape index (κ2) is 9.30. The number of para-hydroxylation sites is 1. The van der Waals surface area contributed by atoms with Gasteiger partial charge < -0.3 is 19.8 Å². The lowest BCUT2D eigenvalue weighted by atomic mass is 10.0. The number of hydrogen-bond donors (Lipinski definition) is 2. The summed E-state index contributed by atoms with van der Waals surface area (Å²) >= 11 is 0. The van der Waals surface area contributed by atoms with Crippen molar-refractivity contribution in [2.24, 2.45) is 0 Å². The van der Waals surface area contributed by atoms with Crippen LogP contribution < -0.4 is 16.1 Å². The van der Waals surface area contributed by atoms with Crippen LogP contribution in [-0.2, 0) is 4.74 Å². The minimum absolute atomic E-state index is 0.129. The van der Waals surface area contributed by atoms with E-state index in [4.69, 9.17) is 9.15 Å². The third kappa shape index (κ3) is 4.30. The van der Waals surface area contributed by atoms with Crippen molar-refractivity contribution in [2.45, 2.75) is 6.92 Å². The van der Waals surface area contributed by atoms with Crippen molar-refractivity contribution in [1.29, 1.82) is 0 Å². The van der Waals surface area contributed by atoms with E-state index < -0.39 is 0 Å². The van der Waals surface area contributed by atoms with Crippen LogP contribution in [0.1, 0.15) is 15.9 Å². The largest absolute Gasteiger partial charge is 0.455 e. The molecular weight excluding hydrogens is 356 g/mol. The predicted octanol–water partition coefficient (Wildman–Crippen LogP) is 2.73. The van der Waals surface area contributed by atoms with Gasteiger partial charge in [0, 0.05) is 37.9 Å². The van der Waals surface area contributed by atoms with E-state index in [2.05, 4.69) is 10.6 Å². The number of hydrogen-bond acceptors (Lipinski definition) is 5. The Morgan fingerprint density at radius 2 is 1.82 bits per heavy atom. The van der Waals surface area contributed by atoms with E-state index in [-0.39, 0.29) is 11.3 Å². The molecule has 0 radical (unpaired) electrons. The molecule has 28 heavy (non-hydrogen) atoms. The average molecular weight is 380 g/mol. The molecule has 3 aromatic rings. The van der Waals surface area contributed by atoms with Crippen LogP contribution >= 0.6 is 0 Å². The van der Waals surface area contributed by atoms with Gasteiger partial charge in [-0.25, -0.2) is 0 Å². The normalized spacial score (nSPS) is 10.9. The molecule has 0 saturated heterocycles. The molecule has 0 unspecified atom stereocenters. The van der Waals surface area contributed by atoms with Gasteiger partial charge in [0.2, 0.25) is 0 Å². The minimum Gasteiger partial charge on any atom is -0.455 e. The lowest BCUT2D eigenvalue weighted by Crippen LogP contribution is -2.33. The van der Waals surface area contributed by atoms with Crippen LogP contribution in [0.4, 0.5) is 0 Å². The summed E-state index contributed by atoms with van der Waals surface area (Å²) in [5.74, 6) is 0.213. The van der Waals surface area contributed by atoms with Crippen LogP contribution in [0.15, 0.2) is 57.7 Å². The molecule has 1 amide bonds. The van der Waals surface area contributed by atoms with E-state index >= 15 is 0 Å². The van der Waals surface area contributed by atoms with Crippen molar-refractivity contribution in [2.75, 3.05) is 33.4 Å². The van der Waals surface area contributed by atoms with Gasteiger partial charge in [-0.3, -0.25) is 9.59 Å². The topological polar surface area (TPSA) is 80.6 Å². The third-order valence-corrected chi connectivity index (χ3v) is 4.50. The summed E-state index contributed by atoms with van der Waals surface area (Å²) in [6.45, 7) is 4.16. The quantitative estimate of drug-likeness (QED) is 0.588. The van der Waals surface area contributed by atoms with Gasteiger partial charge in [0.1, 0.15) is 5.76 Å². The second-order valence-corrected chi connectivity index (χ2v) is 6.43. The molecule has 3 rings (SSSR count). The first-order valence-electron chi connectivity index (χ1n) is 9.23. The highest BCUT2D eigenvalue weighted by molar-refractivity contribution is 6.05. The van der Waals surface area contributed by atoms with Crippen molar-refractivity contribution in [3.63, 3.8) is 0 Å². The zero-order chi connectivity index (χ0) is 19.9. The van der Waals surface area contributed by atoms with Gasteiger partial charge in [-0.2, -0.15) is 0 Å². The van der Waals surface area contributed by atoms with Gasteiger partial charge in [0.25, 0.3) is 5.91 Å². The Kier molecular flexibility index (Phi) is 6.57.